The van der Waals surface area contributed by atoms with E-state index in [2.05, 4.69) is 31.1 Å². The van der Waals surface area contributed by atoms with Crippen LogP contribution in [0.2, 0.25) is 0 Å². The molecule has 1 heterocycles. The van der Waals surface area contributed by atoms with Crippen LogP contribution >= 0.6 is 0 Å². The quantitative estimate of drug-likeness (QED) is 0.876. The largest absolute Gasteiger partial charge is 0.384 e. The van der Waals surface area contributed by atoms with E-state index in [0.29, 0.717) is 11.4 Å². The van der Waals surface area contributed by atoms with Gasteiger partial charge in [0, 0.05) is 23.3 Å². The van der Waals surface area contributed by atoms with Gasteiger partial charge in [0.25, 0.3) is 0 Å². The second-order valence-corrected chi connectivity index (χ2v) is 5.31. The smallest absolute Gasteiger partial charge is 0.149 e. The minimum atomic E-state index is -0.243. The molecule has 0 bridgehead atoms. The maximum Gasteiger partial charge on any atom is 0.149 e. The first-order valence-corrected chi connectivity index (χ1v) is 6.79. The van der Waals surface area contributed by atoms with Gasteiger partial charge in [-0.15, -0.1) is 0 Å². The number of benzene rings is 1. The number of hydrogen-bond donors (Lipinski definition) is 1. The van der Waals surface area contributed by atoms with Crippen LogP contribution in [0.3, 0.4) is 0 Å². The van der Waals surface area contributed by atoms with Crippen molar-refractivity contribution in [1.29, 1.82) is 0 Å². The first-order valence-electron chi connectivity index (χ1n) is 6.79. The number of nitrogens with zero attached hydrogens (tertiary/aromatic N) is 1. The van der Waals surface area contributed by atoms with E-state index in [0.717, 1.165) is 28.9 Å². The summed E-state index contributed by atoms with van der Waals surface area (Å²) in [7, 11) is 0. The number of nitrogens with one attached hydrogen (secondary N) is 1. The second-order valence-electron chi connectivity index (χ2n) is 5.31. The lowest BCUT2D eigenvalue weighted by Gasteiger charge is -2.19. The average Bonchev–Trinajstić information content (AvgIpc) is 2.30. The molecule has 0 amide bonds. The number of pyridine rings is 1. The molecule has 102 valence electrons. The van der Waals surface area contributed by atoms with Crippen LogP contribution in [0.15, 0.2) is 12.1 Å². The van der Waals surface area contributed by atoms with Crippen molar-refractivity contribution in [3.63, 3.8) is 0 Å². The molecule has 2 aromatic rings. The van der Waals surface area contributed by atoms with Gasteiger partial charge in [0.2, 0.25) is 0 Å². The van der Waals surface area contributed by atoms with Gasteiger partial charge in [0.15, 0.2) is 0 Å². The number of anilines is 1. The molecular weight excluding hydrogens is 239 g/mol. The van der Waals surface area contributed by atoms with Crippen molar-refractivity contribution in [1.82, 2.24) is 4.98 Å². The van der Waals surface area contributed by atoms with Gasteiger partial charge < -0.3 is 5.32 Å². The van der Waals surface area contributed by atoms with E-state index >= 15 is 0 Å². The van der Waals surface area contributed by atoms with Crippen molar-refractivity contribution in [3.05, 3.63) is 34.8 Å². The van der Waals surface area contributed by atoms with E-state index in [1.165, 1.54) is 5.56 Å². The lowest BCUT2D eigenvalue weighted by Crippen LogP contribution is -2.07. The summed E-state index contributed by atoms with van der Waals surface area (Å²) in [6, 6.07) is 3.55. The predicted molar refractivity (Wildman–Crippen MR) is 79.4 cm³/mol. The Morgan fingerprint density at radius 3 is 2.53 bits per heavy atom. The summed E-state index contributed by atoms with van der Waals surface area (Å²) < 4.78 is 14.1. The Bertz CT molecular complexity index is 618. The summed E-state index contributed by atoms with van der Waals surface area (Å²) in [4.78, 5) is 4.47. The van der Waals surface area contributed by atoms with Gasteiger partial charge in [0.05, 0.1) is 0 Å². The van der Waals surface area contributed by atoms with Gasteiger partial charge in [-0.3, -0.25) is 0 Å². The van der Waals surface area contributed by atoms with Crippen LogP contribution in [0.5, 0.6) is 0 Å². The third-order valence-electron chi connectivity index (χ3n) is 3.35. The topological polar surface area (TPSA) is 24.9 Å². The number of hydrogen-bond acceptors (Lipinski definition) is 2. The number of halogens is 1. The molecule has 1 N–H and O–H groups in total. The maximum absolute atomic E-state index is 14.1. The van der Waals surface area contributed by atoms with Crippen LogP contribution in [0.1, 0.15) is 43.5 Å². The summed E-state index contributed by atoms with van der Waals surface area (Å²) in [5.74, 6) is 0.113. The molecule has 1 aromatic carbocycles. The third kappa shape index (κ3) is 2.42. The monoisotopic (exact) mass is 260 g/mol. The Labute approximate surface area is 114 Å². The van der Waals surface area contributed by atoms with Crippen LogP contribution in [-0.4, -0.2) is 11.5 Å². The van der Waals surface area contributed by atoms with Crippen LogP contribution < -0.4 is 5.32 Å². The number of aromatic nitrogens is 1. The number of rotatable bonds is 3. The minimum absolute atomic E-state index is 0.243. The molecule has 0 fully saturated rings. The molecule has 1 aromatic heterocycles. The molecule has 0 aliphatic heterocycles. The zero-order chi connectivity index (χ0) is 14.2. The van der Waals surface area contributed by atoms with E-state index in [4.69, 9.17) is 0 Å². The molecule has 19 heavy (non-hydrogen) atoms. The highest BCUT2D eigenvalue weighted by Gasteiger charge is 2.17. The molecule has 0 saturated carbocycles. The van der Waals surface area contributed by atoms with Crippen molar-refractivity contribution in [2.75, 3.05) is 11.9 Å². The summed E-state index contributed by atoms with van der Waals surface area (Å²) in [6.45, 7) is 11.0. The van der Waals surface area contributed by atoms with Crippen molar-refractivity contribution in [2.45, 2.75) is 40.5 Å². The van der Waals surface area contributed by atoms with Crippen LogP contribution in [-0.2, 0) is 0 Å². The van der Waals surface area contributed by atoms with Crippen molar-refractivity contribution < 1.29 is 4.39 Å². The Morgan fingerprint density at radius 2 is 1.95 bits per heavy atom. The molecule has 0 aliphatic carbocycles. The predicted octanol–water partition coefficient (Wildman–Crippen LogP) is 4.55. The summed E-state index contributed by atoms with van der Waals surface area (Å²) >= 11 is 0. The van der Waals surface area contributed by atoms with Crippen molar-refractivity contribution in [2.24, 2.45) is 0 Å². The molecular formula is C16H21FN2. The van der Waals surface area contributed by atoms with Gasteiger partial charge in [-0.05, 0) is 49.9 Å². The summed E-state index contributed by atoms with van der Waals surface area (Å²) in [5.41, 5.74) is 4.50. The molecule has 0 spiro atoms. The van der Waals surface area contributed by atoms with E-state index in [1.54, 1.807) is 6.07 Å². The summed E-state index contributed by atoms with van der Waals surface area (Å²) in [6.07, 6.45) is 0. The van der Waals surface area contributed by atoms with Crippen molar-refractivity contribution >= 4 is 16.6 Å². The van der Waals surface area contributed by atoms with Crippen molar-refractivity contribution in [3.8, 4) is 0 Å². The Hall–Kier alpha value is -1.64. The average molecular weight is 260 g/mol. The van der Waals surface area contributed by atoms with E-state index in [-0.39, 0.29) is 5.82 Å². The van der Waals surface area contributed by atoms with Gasteiger partial charge in [0.1, 0.15) is 11.3 Å². The Kier molecular flexibility index (Phi) is 3.74. The zero-order valence-electron chi connectivity index (χ0n) is 12.3. The molecule has 3 heteroatoms. The van der Waals surface area contributed by atoms with Crippen LogP contribution in [0, 0.1) is 19.7 Å². The molecule has 0 unspecified atom stereocenters. The lowest BCUT2D eigenvalue weighted by molar-refractivity contribution is 0.635. The second kappa shape index (κ2) is 5.16. The van der Waals surface area contributed by atoms with Crippen LogP contribution in [0.4, 0.5) is 10.1 Å². The van der Waals surface area contributed by atoms with E-state index in [1.807, 2.05) is 19.9 Å². The summed E-state index contributed by atoms with van der Waals surface area (Å²) in [5, 5.41) is 4.27. The standard InChI is InChI=1S/C16H21FN2/c1-6-18-16-12-7-10(4)8-13(17)15(12)19-11(5)14(16)9(2)3/h7-9H,6H2,1-5H3,(H,18,19). The third-order valence-corrected chi connectivity index (χ3v) is 3.35. The normalized spacial score (nSPS) is 11.3. The fraction of sp³-hybridized carbons (Fsp3) is 0.438. The Morgan fingerprint density at radius 1 is 1.26 bits per heavy atom. The van der Waals surface area contributed by atoms with E-state index in [9.17, 15) is 4.39 Å². The molecule has 2 nitrogen and oxygen atoms in total. The van der Waals surface area contributed by atoms with Gasteiger partial charge >= 0.3 is 0 Å². The highest BCUT2D eigenvalue weighted by atomic mass is 19.1. The Balaban J connectivity index is 2.89. The highest BCUT2D eigenvalue weighted by molar-refractivity contribution is 5.94. The zero-order valence-corrected chi connectivity index (χ0v) is 12.3. The van der Waals surface area contributed by atoms with E-state index < -0.39 is 0 Å². The van der Waals surface area contributed by atoms with Crippen LogP contribution in [0.25, 0.3) is 10.9 Å². The van der Waals surface area contributed by atoms with Gasteiger partial charge in [-0.25, -0.2) is 9.37 Å². The first kappa shape index (κ1) is 13.8. The lowest BCUT2D eigenvalue weighted by atomic mass is 9.96. The van der Waals surface area contributed by atoms with Gasteiger partial charge in [-0.2, -0.15) is 0 Å². The molecule has 0 radical (unpaired) electrons. The highest BCUT2D eigenvalue weighted by Crippen LogP contribution is 2.34. The fourth-order valence-corrected chi connectivity index (χ4v) is 2.67. The maximum atomic E-state index is 14.1. The SMILES string of the molecule is CCNc1c(C(C)C)c(C)nc2c(F)cc(C)cc12. The molecule has 0 saturated heterocycles. The number of aryl methyl sites for hydroxylation is 2. The number of fused-ring (bicyclic) bond motifs is 1. The molecule has 2 rings (SSSR count). The molecule has 0 aliphatic rings. The molecule has 0 atom stereocenters. The first-order chi connectivity index (χ1) is 8.95. The van der Waals surface area contributed by atoms with Gasteiger partial charge in [-0.1, -0.05) is 13.8 Å². The fourth-order valence-electron chi connectivity index (χ4n) is 2.67. The minimum Gasteiger partial charge on any atom is -0.384 e.